The van der Waals surface area contributed by atoms with E-state index in [2.05, 4.69) is 61.5 Å². The van der Waals surface area contributed by atoms with Crippen molar-refractivity contribution >= 4 is 21.4 Å². The van der Waals surface area contributed by atoms with E-state index in [-0.39, 0.29) is 0 Å². The van der Waals surface area contributed by atoms with E-state index in [1.165, 1.54) is 20.5 Å². The molecule has 1 aromatic heterocycles. The van der Waals surface area contributed by atoms with Gasteiger partial charge in [-0.25, -0.2) is 0 Å². The molecule has 3 aromatic rings. The van der Waals surface area contributed by atoms with E-state index in [0.29, 0.717) is 0 Å². The van der Waals surface area contributed by atoms with Crippen LogP contribution in [0, 0.1) is 0 Å². The first-order valence-electron chi connectivity index (χ1n) is 8.10. The Bertz CT molecular complexity index is 867. The maximum absolute atomic E-state index is 11.7. The van der Waals surface area contributed by atoms with Crippen LogP contribution < -0.4 is 0 Å². The van der Waals surface area contributed by atoms with Gasteiger partial charge in [-0.3, -0.25) is 0 Å². The third-order valence-electron chi connectivity index (χ3n) is 4.77. The Hall–Kier alpha value is -1.68. The van der Waals surface area contributed by atoms with Crippen molar-refractivity contribution in [1.29, 1.82) is 0 Å². The van der Waals surface area contributed by atoms with Crippen molar-refractivity contribution in [3.63, 3.8) is 0 Å². The average molecular weight is 323 g/mol. The summed E-state index contributed by atoms with van der Waals surface area (Å²) in [4.78, 5) is 3.42. The van der Waals surface area contributed by atoms with Crippen LogP contribution in [0.1, 0.15) is 24.0 Å². The van der Waals surface area contributed by atoms with Gasteiger partial charge in [0.25, 0.3) is 0 Å². The molecule has 1 heterocycles. The van der Waals surface area contributed by atoms with Crippen molar-refractivity contribution in [2.24, 2.45) is 0 Å². The van der Waals surface area contributed by atoms with E-state index in [9.17, 15) is 5.11 Å². The van der Waals surface area contributed by atoms with E-state index < -0.39 is 5.60 Å². The van der Waals surface area contributed by atoms with Crippen molar-refractivity contribution < 1.29 is 5.11 Å². The fourth-order valence-corrected chi connectivity index (χ4v) is 5.05. The molecule has 23 heavy (non-hydrogen) atoms. The zero-order valence-corrected chi connectivity index (χ0v) is 14.4. The Balaban J connectivity index is 1.89. The van der Waals surface area contributed by atoms with Crippen molar-refractivity contribution in [1.82, 2.24) is 4.90 Å². The summed E-state index contributed by atoms with van der Waals surface area (Å²) in [6, 6.07) is 16.8. The molecule has 0 radical (unpaired) electrons. The van der Waals surface area contributed by atoms with Gasteiger partial charge in [-0.1, -0.05) is 42.5 Å². The highest BCUT2D eigenvalue weighted by Crippen LogP contribution is 2.55. The smallest absolute Gasteiger partial charge is 0.117 e. The minimum absolute atomic E-state index is 0.760. The summed E-state index contributed by atoms with van der Waals surface area (Å²) >= 11 is 1.80. The number of nitrogens with zero attached hydrogens (tertiary/aromatic N) is 1. The Labute approximate surface area is 141 Å². The van der Waals surface area contributed by atoms with E-state index in [1.54, 1.807) is 11.3 Å². The van der Waals surface area contributed by atoms with Crippen molar-refractivity contribution in [2.75, 3.05) is 20.6 Å². The van der Waals surface area contributed by atoms with Gasteiger partial charge < -0.3 is 10.0 Å². The van der Waals surface area contributed by atoms with E-state index in [0.717, 1.165) is 30.5 Å². The molecule has 0 amide bonds. The molecule has 4 rings (SSSR count). The van der Waals surface area contributed by atoms with Gasteiger partial charge in [-0.15, -0.1) is 11.3 Å². The van der Waals surface area contributed by atoms with Gasteiger partial charge in [-0.2, -0.15) is 0 Å². The molecule has 1 atom stereocenters. The first kappa shape index (κ1) is 14.9. The molecule has 1 unspecified atom stereocenters. The molecule has 0 fully saturated rings. The van der Waals surface area contributed by atoms with Gasteiger partial charge in [0, 0.05) is 15.1 Å². The molecule has 3 heteroatoms. The van der Waals surface area contributed by atoms with Crippen molar-refractivity contribution in [3.05, 3.63) is 59.7 Å². The molecule has 0 bridgehead atoms. The van der Waals surface area contributed by atoms with Gasteiger partial charge in [0.1, 0.15) is 5.60 Å². The predicted molar refractivity (Wildman–Crippen MR) is 98.0 cm³/mol. The maximum Gasteiger partial charge on any atom is 0.117 e. The van der Waals surface area contributed by atoms with Crippen LogP contribution in [0.3, 0.4) is 0 Å². The maximum atomic E-state index is 11.7. The third kappa shape index (κ3) is 2.23. The van der Waals surface area contributed by atoms with Gasteiger partial charge in [-0.05, 0) is 56.1 Å². The normalized spacial score (nSPS) is 19.3. The van der Waals surface area contributed by atoms with E-state index in [4.69, 9.17) is 0 Å². The predicted octanol–water partition coefficient (Wildman–Crippen LogP) is 4.46. The number of hydrogen-bond acceptors (Lipinski definition) is 3. The number of fused-ring (bicyclic) bond motifs is 5. The lowest BCUT2D eigenvalue weighted by Gasteiger charge is -2.26. The Morgan fingerprint density at radius 3 is 2.61 bits per heavy atom. The third-order valence-corrected chi connectivity index (χ3v) is 5.97. The fourth-order valence-electron chi connectivity index (χ4n) is 3.73. The summed E-state index contributed by atoms with van der Waals surface area (Å²) in [6.45, 7) is 0.988. The van der Waals surface area contributed by atoms with E-state index >= 15 is 0 Å². The summed E-state index contributed by atoms with van der Waals surface area (Å²) in [5.74, 6) is 0. The van der Waals surface area contributed by atoms with Crippen molar-refractivity contribution in [3.8, 4) is 10.4 Å². The number of aliphatic hydroxyl groups is 1. The summed E-state index contributed by atoms with van der Waals surface area (Å²) in [5, 5.41) is 12.9. The van der Waals surface area contributed by atoms with Crippen LogP contribution in [0.4, 0.5) is 0 Å². The van der Waals surface area contributed by atoms with Crippen LogP contribution in [0.5, 0.6) is 0 Å². The molecular formula is C20H21NOS. The number of benzene rings is 2. The lowest BCUT2D eigenvalue weighted by Crippen LogP contribution is -2.26. The SMILES string of the molecule is CN(C)CCCC1(O)c2ccccc2-c2sc3ccccc3c21. The lowest BCUT2D eigenvalue weighted by atomic mass is 9.86. The molecule has 0 spiro atoms. The summed E-state index contributed by atoms with van der Waals surface area (Å²) in [5.41, 5.74) is 2.54. The zero-order valence-electron chi connectivity index (χ0n) is 13.5. The van der Waals surface area contributed by atoms with Gasteiger partial charge >= 0.3 is 0 Å². The molecular weight excluding hydrogens is 302 g/mol. The Kier molecular flexibility index (Phi) is 3.52. The topological polar surface area (TPSA) is 23.5 Å². The van der Waals surface area contributed by atoms with Crippen molar-refractivity contribution in [2.45, 2.75) is 18.4 Å². The largest absolute Gasteiger partial charge is 0.380 e. The highest BCUT2D eigenvalue weighted by Gasteiger charge is 2.43. The lowest BCUT2D eigenvalue weighted by molar-refractivity contribution is 0.0728. The summed E-state index contributed by atoms with van der Waals surface area (Å²) in [7, 11) is 4.16. The minimum Gasteiger partial charge on any atom is -0.380 e. The quantitative estimate of drug-likeness (QED) is 0.766. The Morgan fingerprint density at radius 1 is 1.04 bits per heavy atom. The molecule has 2 aromatic carbocycles. The molecule has 0 saturated heterocycles. The number of hydrogen-bond donors (Lipinski definition) is 1. The minimum atomic E-state index is -0.860. The number of thiophene rings is 1. The van der Waals surface area contributed by atoms with Crippen LogP contribution in [-0.2, 0) is 5.60 Å². The Morgan fingerprint density at radius 2 is 1.78 bits per heavy atom. The highest BCUT2D eigenvalue weighted by molar-refractivity contribution is 7.22. The first-order valence-corrected chi connectivity index (χ1v) is 8.92. The number of rotatable bonds is 4. The zero-order chi connectivity index (χ0) is 16.0. The fraction of sp³-hybridized carbons (Fsp3) is 0.300. The molecule has 1 N–H and O–H groups in total. The highest BCUT2D eigenvalue weighted by atomic mass is 32.1. The summed E-state index contributed by atoms with van der Waals surface area (Å²) < 4.78 is 1.26. The van der Waals surface area contributed by atoms with Crippen LogP contribution in [0.15, 0.2) is 48.5 Å². The molecule has 118 valence electrons. The first-order chi connectivity index (χ1) is 11.1. The second kappa shape index (κ2) is 5.45. The van der Waals surface area contributed by atoms with Crippen LogP contribution >= 0.6 is 11.3 Å². The second-order valence-corrected chi connectivity index (χ2v) is 7.67. The molecule has 0 aliphatic heterocycles. The van der Waals surface area contributed by atoms with Gasteiger partial charge in [0.15, 0.2) is 0 Å². The second-order valence-electron chi connectivity index (χ2n) is 6.62. The average Bonchev–Trinajstić information content (AvgIpc) is 3.03. The van der Waals surface area contributed by atoms with Gasteiger partial charge in [0.05, 0.1) is 0 Å². The van der Waals surface area contributed by atoms with E-state index in [1.807, 2.05) is 6.07 Å². The molecule has 1 aliphatic carbocycles. The standard InChI is InChI=1S/C20H21NOS/c1-21(2)13-7-12-20(22)16-10-5-3-8-14(16)19-18(20)15-9-4-6-11-17(15)23-19/h3-6,8-11,22H,7,12-13H2,1-2H3. The monoisotopic (exact) mass is 323 g/mol. The van der Waals surface area contributed by atoms with Crippen LogP contribution in [-0.4, -0.2) is 30.6 Å². The van der Waals surface area contributed by atoms with Crippen LogP contribution in [0.25, 0.3) is 20.5 Å². The molecule has 1 aliphatic rings. The molecule has 2 nitrogen and oxygen atoms in total. The van der Waals surface area contributed by atoms with Gasteiger partial charge in [0.2, 0.25) is 0 Å². The van der Waals surface area contributed by atoms with Crippen LogP contribution in [0.2, 0.25) is 0 Å². The molecule has 0 saturated carbocycles. The summed E-state index contributed by atoms with van der Waals surface area (Å²) in [6.07, 6.45) is 1.73.